The van der Waals surface area contributed by atoms with Gasteiger partial charge in [0.2, 0.25) is 0 Å². The average Bonchev–Trinajstić information content (AvgIpc) is 3.19. The van der Waals surface area contributed by atoms with E-state index in [1.807, 2.05) is 42.5 Å². The minimum Gasteiger partial charge on any atom is -0.272 e. The van der Waals surface area contributed by atoms with E-state index < -0.39 is 5.91 Å². The van der Waals surface area contributed by atoms with Gasteiger partial charge in [0.15, 0.2) is 0 Å². The minimum absolute atomic E-state index is 0.300. The van der Waals surface area contributed by atoms with Crippen molar-refractivity contribution in [1.82, 2.24) is 15.6 Å². The summed E-state index contributed by atoms with van der Waals surface area (Å²) < 4.78 is 12.9. The highest BCUT2D eigenvalue weighted by Crippen LogP contribution is 2.27. The molecule has 2 N–H and O–H groups in total. The molecule has 1 heterocycles. The third-order valence-corrected chi connectivity index (χ3v) is 4.14. The lowest BCUT2D eigenvalue weighted by molar-refractivity contribution is 0.0950. The van der Waals surface area contributed by atoms with Gasteiger partial charge < -0.3 is 0 Å². The Hall–Kier alpha value is -3.80. The summed E-state index contributed by atoms with van der Waals surface area (Å²) in [6.07, 6.45) is 1.44. The van der Waals surface area contributed by atoms with Crippen LogP contribution in [0.15, 0.2) is 77.9 Å². The number of hydrogen-bond acceptors (Lipinski definition) is 3. The van der Waals surface area contributed by atoms with Gasteiger partial charge in [0, 0.05) is 5.56 Å². The van der Waals surface area contributed by atoms with Crippen molar-refractivity contribution in [3.8, 4) is 11.3 Å². The molecule has 0 spiro atoms. The zero-order valence-electron chi connectivity index (χ0n) is 14.2. The van der Waals surface area contributed by atoms with E-state index in [2.05, 4.69) is 20.7 Å². The van der Waals surface area contributed by atoms with Gasteiger partial charge in [-0.25, -0.2) is 9.82 Å². The molecule has 132 valence electrons. The quantitative estimate of drug-likeness (QED) is 0.425. The van der Waals surface area contributed by atoms with Crippen LogP contribution in [-0.2, 0) is 0 Å². The highest BCUT2D eigenvalue weighted by atomic mass is 19.1. The Kier molecular flexibility index (Phi) is 4.45. The molecule has 1 amide bonds. The fourth-order valence-electron chi connectivity index (χ4n) is 2.80. The molecule has 4 aromatic rings. The number of benzene rings is 3. The molecule has 27 heavy (non-hydrogen) atoms. The summed E-state index contributed by atoms with van der Waals surface area (Å²) in [6, 6.07) is 21.4. The Labute approximate surface area is 154 Å². The van der Waals surface area contributed by atoms with Crippen molar-refractivity contribution < 1.29 is 9.18 Å². The SMILES string of the molecule is O=C(N/N=C\c1ccc(F)cc1)c1cc(-c2cccc3ccccc23)n[nH]1. The van der Waals surface area contributed by atoms with Crippen molar-refractivity contribution >= 4 is 22.9 Å². The third-order valence-electron chi connectivity index (χ3n) is 4.14. The first-order valence-corrected chi connectivity index (χ1v) is 8.33. The highest BCUT2D eigenvalue weighted by Gasteiger charge is 2.12. The summed E-state index contributed by atoms with van der Waals surface area (Å²) in [5.41, 5.74) is 5.03. The van der Waals surface area contributed by atoms with E-state index >= 15 is 0 Å². The Bertz CT molecular complexity index is 1130. The molecule has 3 aromatic carbocycles. The first kappa shape index (κ1) is 16.7. The van der Waals surface area contributed by atoms with E-state index in [1.54, 1.807) is 18.2 Å². The third kappa shape index (κ3) is 3.59. The Morgan fingerprint density at radius 1 is 1.04 bits per heavy atom. The number of nitrogens with zero attached hydrogens (tertiary/aromatic N) is 2. The van der Waals surface area contributed by atoms with Crippen LogP contribution < -0.4 is 5.43 Å². The van der Waals surface area contributed by atoms with Crippen LogP contribution in [0.4, 0.5) is 4.39 Å². The van der Waals surface area contributed by atoms with Gasteiger partial charge in [0.25, 0.3) is 5.91 Å². The normalized spacial score (nSPS) is 11.1. The van der Waals surface area contributed by atoms with Crippen LogP contribution >= 0.6 is 0 Å². The molecular formula is C21H15FN4O. The number of carbonyl (C=O) groups excluding carboxylic acids is 1. The summed E-state index contributed by atoms with van der Waals surface area (Å²) in [5.74, 6) is -0.734. The number of H-pyrrole nitrogens is 1. The first-order chi connectivity index (χ1) is 13.2. The van der Waals surface area contributed by atoms with Crippen molar-refractivity contribution in [2.24, 2.45) is 5.10 Å². The number of aromatic amines is 1. The molecule has 0 bridgehead atoms. The van der Waals surface area contributed by atoms with Gasteiger partial charge >= 0.3 is 0 Å². The molecule has 0 atom stereocenters. The Morgan fingerprint density at radius 2 is 1.81 bits per heavy atom. The Balaban J connectivity index is 1.52. The molecule has 0 aliphatic heterocycles. The van der Waals surface area contributed by atoms with Crippen molar-refractivity contribution in [2.75, 3.05) is 0 Å². The van der Waals surface area contributed by atoms with Crippen LogP contribution in [0.5, 0.6) is 0 Å². The van der Waals surface area contributed by atoms with E-state index in [0.717, 1.165) is 16.3 Å². The molecule has 0 saturated heterocycles. The molecule has 6 heteroatoms. The number of fused-ring (bicyclic) bond motifs is 1. The summed E-state index contributed by atoms with van der Waals surface area (Å²) in [7, 11) is 0. The average molecular weight is 358 g/mol. The molecule has 4 rings (SSSR count). The molecule has 0 aliphatic carbocycles. The van der Waals surface area contributed by atoms with Crippen molar-refractivity contribution in [3.63, 3.8) is 0 Å². The second-order valence-electron chi connectivity index (χ2n) is 5.94. The molecular weight excluding hydrogens is 343 g/mol. The van der Waals surface area contributed by atoms with E-state index in [4.69, 9.17) is 0 Å². The number of carbonyl (C=O) groups is 1. The fraction of sp³-hybridized carbons (Fsp3) is 0. The number of hydrazone groups is 1. The van der Waals surface area contributed by atoms with Gasteiger partial charge in [-0.2, -0.15) is 10.2 Å². The van der Waals surface area contributed by atoms with E-state index in [-0.39, 0.29) is 5.82 Å². The molecule has 0 saturated carbocycles. The van der Waals surface area contributed by atoms with Gasteiger partial charge in [-0.1, -0.05) is 54.6 Å². The molecule has 0 unspecified atom stereocenters. The van der Waals surface area contributed by atoms with E-state index in [9.17, 15) is 9.18 Å². The maximum atomic E-state index is 12.9. The lowest BCUT2D eigenvalue weighted by Crippen LogP contribution is -2.17. The molecule has 0 aliphatic rings. The lowest BCUT2D eigenvalue weighted by atomic mass is 10.0. The second-order valence-corrected chi connectivity index (χ2v) is 5.94. The largest absolute Gasteiger partial charge is 0.289 e. The van der Waals surface area contributed by atoms with Crippen LogP contribution in [0.1, 0.15) is 16.1 Å². The van der Waals surface area contributed by atoms with Crippen LogP contribution in [0, 0.1) is 5.82 Å². The van der Waals surface area contributed by atoms with Crippen molar-refractivity contribution in [3.05, 3.63) is 89.9 Å². The van der Waals surface area contributed by atoms with Gasteiger partial charge in [-0.15, -0.1) is 0 Å². The van der Waals surface area contributed by atoms with Crippen LogP contribution in [0.2, 0.25) is 0 Å². The number of aromatic nitrogens is 2. The lowest BCUT2D eigenvalue weighted by Gasteiger charge is -2.02. The number of hydrogen-bond donors (Lipinski definition) is 2. The predicted molar refractivity (Wildman–Crippen MR) is 103 cm³/mol. The maximum Gasteiger partial charge on any atom is 0.289 e. The molecule has 1 aromatic heterocycles. The Morgan fingerprint density at radius 3 is 2.67 bits per heavy atom. The second kappa shape index (κ2) is 7.21. The predicted octanol–water partition coefficient (Wildman–Crippen LogP) is 4.13. The first-order valence-electron chi connectivity index (χ1n) is 8.33. The fourth-order valence-corrected chi connectivity index (χ4v) is 2.80. The smallest absolute Gasteiger partial charge is 0.272 e. The van der Waals surface area contributed by atoms with Crippen LogP contribution in [0.3, 0.4) is 0 Å². The van der Waals surface area contributed by atoms with Crippen molar-refractivity contribution in [2.45, 2.75) is 0 Å². The number of nitrogens with one attached hydrogen (secondary N) is 2. The minimum atomic E-state index is -0.410. The van der Waals surface area contributed by atoms with Crippen molar-refractivity contribution in [1.29, 1.82) is 0 Å². The molecule has 0 radical (unpaired) electrons. The summed E-state index contributed by atoms with van der Waals surface area (Å²) in [4.78, 5) is 12.2. The van der Waals surface area contributed by atoms with Gasteiger partial charge in [-0.05, 0) is 34.5 Å². The maximum absolute atomic E-state index is 12.9. The number of amides is 1. The molecule has 5 nitrogen and oxygen atoms in total. The van der Waals surface area contributed by atoms with E-state index in [1.165, 1.54) is 18.3 Å². The number of halogens is 1. The highest BCUT2D eigenvalue weighted by molar-refractivity contribution is 5.98. The van der Waals surface area contributed by atoms with Gasteiger partial charge in [0.05, 0.1) is 11.9 Å². The standard InChI is InChI=1S/C21H15FN4O/c22-16-10-8-14(9-11-16)13-23-26-21(27)20-12-19(24-25-20)18-7-3-5-15-4-1-2-6-17(15)18/h1-13H,(H,24,25)(H,26,27)/b23-13-. The topological polar surface area (TPSA) is 70.1 Å². The summed E-state index contributed by atoms with van der Waals surface area (Å²) >= 11 is 0. The van der Waals surface area contributed by atoms with Gasteiger partial charge in [0.1, 0.15) is 11.5 Å². The zero-order valence-corrected chi connectivity index (χ0v) is 14.2. The van der Waals surface area contributed by atoms with Crippen LogP contribution in [0.25, 0.3) is 22.0 Å². The van der Waals surface area contributed by atoms with E-state index in [0.29, 0.717) is 17.0 Å². The number of rotatable bonds is 4. The molecule has 0 fully saturated rings. The van der Waals surface area contributed by atoms with Crippen LogP contribution in [-0.4, -0.2) is 22.3 Å². The monoisotopic (exact) mass is 358 g/mol. The van der Waals surface area contributed by atoms with Gasteiger partial charge in [-0.3, -0.25) is 9.89 Å². The zero-order chi connectivity index (χ0) is 18.6. The summed E-state index contributed by atoms with van der Waals surface area (Å²) in [6.45, 7) is 0. The summed E-state index contributed by atoms with van der Waals surface area (Å²) in [5, 5.41) is 13.0.